The summed E-state index contributed by atoms with van der Waals surface area (Å²) in [5.74, 6) is 0.567. The Kier molecular flexibility index (Phi) is 4.87. The quantitative estimate of drug-likeness (QED) is 0.236. The van der Waals surface area contributed by atoms with Crippen LogP contribution in [-0.4, -0.2) is 23.9 Å². The summed E-state index contributed by atoms with van der Waals surface area (Å²) in [5, 5.41) is 2.75. The van der Waals surface area contributed by atoms with Gasteiger partial charge in [-0.1, -0.05) is 72.8 Å². The third-order valence-corrected chi connectivity index (χ3v) is 7.43. The molecule has 0 radical (unpaired) electrons. The fraction of sp³-hybridized carbons (Fsp3) is 0. The van der Waals surface area contributed by atoms with Gasteiger partial charge >= 0.3 is 0 Å². The van der Waals surface area contributed by atoms with Gasteiger partial charge in [0.05, 0.1) is 11.0 Å². The Bertz CT molecular complexity index is 2290. The molecule has 0 aliphatic heterocycles. The normalized spacial score (nSPS) is 11.6. The van der Waals surface area contributed by atoms with Crippen LogP contribution in [0.1, 0.15) is 0 Å². The molecule has 4 aromatic carbocycles. The summed E-state index contributed by atoms with van der Waals surface area (Å²) in [5.41, 5.74) is 7.08. The fourth-order valence-corrected chi connectivity index (χ4v) is 5.54. The van der Waals surface area contributed by atoms with Crippen molar-refractivity contribution in [2.24, 2.45) is 0 Å². The number of hydrogen-bond acceptors (Lipinski definition) is 4. The summed E-state index contributed by atoms with van der Waals surface area (Å²) in [6.45, 7) is 0. The molecule has 8 aromatic rings. The maximum absolute atomic E-state index is 12.9. The average Bonchev–Trinajstić information content (AvgIpc) is 3.35. The number of rotatable bonds is 3. The van der Waals surface area contributed by atoms with Crippen LogP contribution in [0.5, 0.6) is 0 Å². The van der Waals surface area contributed by atoms with Crippen molar-refractivity contribution in [2.45, 2.75) is 0 Å². The van der Waals surface area contributed by atoms with Gasteiger partial charge in [-0.15, -0.1) is 0 Å². The third kappa shape index (κ3) is 3.43. The summed E-state index contributed by atoms with van der Waals surface area (Å²) >= 11 is 0. The van der Waals surface area contributed by atoms with E-state index in [9.17, 15) is 4.79 Å². The number of fused-ring (bicyclic) bond motifs is 6. The van der Waals surface area contributed by atoms with E-state index < -0.39 is 0 Å². The van der Waals surface area contributed by atoms with Crippen molar-refractivity contribution >= 4 is 38.5 Å². The highest BCUT2D eigenvalue weighted by molar-refractivity contribution is 6.10. The Labute approximate surface area is 228 Å². The molecule has 0 unspecified atom stereocenters. The summed E-state index contributed by atoms with van der Waals surface area (Å²) < 4.78 is 4.15. The second kappa shape index (κ2) is 8.71. The SMILES string of the molecule is O=c1nc2cc(-c3ccc4c(c3)c3ccccc3n4-c3ccccc3)ccn2c2nc(-c3ccccc3)ncc12. The van der Waals surface area contributed by atoms with Crippen molar-refractivity contribution in [3.8, 4) is 28.2 Å². The van der Waals surface area contributed by atoms with E-state index in [1.807, 2.05) is 59.1 Å². The maximum Gasteiger partial charge on any atom is 0.284 e. The van der Waals surface area contributed by atoms with E-state index in [1.54, 1.807) is 6.20 Å². The Balaban J connectivity index is 1.31. The summed E-state index contributed by atoms with van der Waals surface area (Å²) in [7, 11) is 0. The van der Waals surface area contributed by atoms with Crippen LogP contribution >= 0.6 is 0 Å². The molecule has 0 N–H and O–H groups in total. The Morgan fingerprint density at radius 3 is 2.15 bits per heavy atom. The first-order valence-corrected chi connectivity index (χ1v) is 13.1. The van der Waals surface area contributed by atoms with Gasteiger partial charge in [-0.05, 0) is 53.6 Å². The molecular formula is C34H21N5O. The molecule has 8 rings (SSSR count). The van der Waals surface area contributed by atoms with Crippen molar-refractivity contribution in [1.82, 2.24) is 23.9 Å². The Hall–Kier alpha value is -5.62. The number of pyridine rings is 1. The van der Waals surface area contributed by atoms with Crippen LogP contribution in [0.2, 0.25) is 0 Å². The standard InChI is InChI=1S/C34H21N5O/c40-34-28-21-35-32(22-9-3-1-4-10-22)37-33(28)38-18-17-24(20-31(38)36-34)23-15-16-30-27(19-23)26-13-7-8-14-29(26)39(30)25-11-5-2-6-12-25/h1-21H. The maximum atomic E-state index is 12.9. The van der Waals surface area contributed by atoms with Crippen molar-refractivity contribution < 1.29 is 0 Å². The van der Waals surface area contributed by atoms with Crippen LogP contribution in [0.15, 0.2) is 132 Å². The zero-order valence-electron chi connectivity index (χ0n) is 21.3. The number of para-hydroxylation sites is 2. The smallest absolute Gasteiger partial charge is 0.284 e. The molecule has 0 fully saturated rings. The zero-order valence-corrected chi connectivity index (χ0v) is 21.3. The second-order valence-electron chi connectivity index (χ2n) is 9.78. The van der Waals surface area contributed by atoms with E-state index in [0.29, 0.717) is 22.5 Å². The van der Waals surface area contributed by atoms with E-state index in [4.69, 9.17) is 4.98 Å². The van der Waals surface area contributed by atoms with E-state index in [1.165, 1.54) is 10.8 Å². The van der Waals surface area contributed by atoms with E-state index in [0.717, 1.165) is 33.4 Å². The molecule has 0 bridgehead atoms. The molecule has 6 nitrogen and oxygen atoms in total. The summed E-state index contributed by atoms with van der Waals surface area (Å²) in [6, 6.07) is 39.1. The van der Waals surface area contributed by atoms with Crippen LogP contribution in [0.3, 0.4) is 0 Å². The van der Waals surface area contributed by atoms with Crippen molar-refractivity contribution in [3.63, 3.8) is 0 Å². The highest BCUT2D eigenvalue weighted by Crippen LogP contribution is 2.35. The van der Waals surface area contributed by atoms with Gasteiger partial charge < -0.3 is 4.57 Å². The average molecular weight is 516 g/mol. The van der Waals surface area contributed by atoms with Crippen LogP contribution < -0.4 is 5.56 Å². The predicted molar refractivity (Wildman–Crippen MR) is 160 cm³/mol. The second-order valence-corrected chi connectivity index (χ2v) is 9.78. The topological polar surface area (TPSA) is 65.1 Å². The minimum Gasteiger partial charge on any atom is -0.309 e. The molecule has 0 saturated heterocycles. The van der Waals surface area contributed by atoms with E-state index in [2.05, 4.69) is 81.3 Å². The van der Waals surface area contributed by atoms with Gasteiger partial charge in [0.15, 0.2) is 11.5 Å². The first-order valence-electron chi connectivity index (χ1n) is 13.1. The minimum atomic E-state index is -0.340. The lowest BCUT2D eigenvalue weighted by molar-refractivity contribution is 1.08. The van der Waals surface area contributed by atoms with Gasteiger partial charge in [-0.2, -0.15) is 4.98 Å². The molecule has 0 aliphatic carbocycles. The van der Waals surface area contributed by atoms with E-state index >= 15 is 0 Å². The van der Waals surface area contributed by atoms with Gasteiger partial charge in [0.2, 0.25) is 0 Å². The highest BCUT2D eigenvalue weighted by Gasteiger charge is 2.14. The van der Waals surface area contributed by atoms with Crippen LogP contribution in [0, 0.1) is 0 Å². The fourth-order valence-electron chi connectivity index (χ4n) is 5.54. The largest absolute Gasteiger partial charge is 0.309 e. The summed E-state index contributed by atoms with van der Waals surface area (Å²) in [4.78, 5) is 26.5. The first-order chi connectivity index (χ1) is 19.7. The third-order valence-electron chi connectivity index (χ3n) is 7.43. The number of aromatic nitrogens is 5. The molecule has 188 valence electrons. The molecule has 0 aliphatic rings. The van der Waals surface area contributed by atoms with Gasteiger partial charge in [-0.3, -0.25) is 9.20 Å². The molecule has 0 atom stereocenters. The Morgan fingerprint density at radius 2 is 1.30 bits per heavy atom. The van der Waals surface area contributed by atoms with Crippen LogP contribution in [-0.2, 0) is 0 Å². The number of benzene rings is 4. The number of hydrogen-bond donors (Lipinski definition) is 0. The van der Waals surface area contributed by atoms with Crippen LogP contribution in [0.25, 0.3) is 66.7 Å². The molecule has 0 spiro atoms. The number of nitrogens with zero attached hydrogens (tertiary/aromatic N) is 5. The lowest BCUT2D eigenvalue weighted by Crippen LogP contribution is -2.12. The molecule has 4 heterocycles. The summed E-state index contributed by atoms with van der Waals surface area (Å²) in [6.07, 6.45) is 3.50. The molecule has 6 heteroatoms. The molecule has 0 amide bonds. The van der Waals surface area contributed by atoms with Gasteiger partial charge in [-0.25, -0.2) is 9.97 Å². The minimum absolute atomic E-state index is 0.340. The van der Waals surface area contributed by atoms with Gasteiger partial charge in [0, 0.05) is 34.4 Å². The zero-order chi connectivity index (χ0) is 26.6. The van der Waals surface area contributed by atoms with Crippen molar-refractivity contribution in [3.05, 3.63) is 138 Å². The van der Waals surface area contributed by atoms with Crippen molar-refractivity contribution in [1.29, 1.82) is 0 Å². The predicted octanol–water partition coefficient (Wildman–Crippen LogP) is 7.07. The highest BCUT2D eigenvalue weighted by atomic mass is 16.1. The van der Waals surface area contributed by atoms with Gasteiger partial charge in [0.25, 0.3) is 5.56 Å². The van der Waals surface area contributed by atoms with Crippen LogP contribution in [0.4, 0.5) is 0 Å². The first kappa shape index (κ1) is 22.4. The lowest BCUT2D eigenvalue weighted by atomic mass is 10.0. The Morgan fingerprint density at radius 1 is 0.575 bits per heavy atom. The molecule has 40 heavy (non-hydrogen) atoms. The van der Waals surface area contributed by atoms with Crippen molar-refractivity contribution in [2.75, 3.05) is 0 Å². The monoisotopic (exact) mass is 515 g/mol. The lowest BCUT2D eigenvalue weighted by Gasteiger charge is -2.10. The molecular weight excluding hydrogens is 494 g/mol. The molecule has 0 saturated carbocycles. The van der Waals surface area contributed by atoms with Gasteiger partial charge in [0.1, 0.15) is 11.0 Å². The molecule has 4 aromatic heterocycles. The van der Waals surface area contributed by atoms with E-state index in [-0.39, 0.29) is 5.56 Å².